The fraction of sp³-hybridized carbons (Fsp3) is 0.300. The SMILES string of the molecule is O=C(CCNC(=O)c1ccccc1)NC[C@H]1COc2ccccc2C1. The molecule has 0 saturated heterocycles. The van der Waals surface area contributed by atoms with Crippen molar-refractivity contribution in [2.24, 2.45) is 5.92 Å². The van der Waals surface area contributed by atoms with Gasteiger partial charge in [-0.2, -0.15) is 0 Å². The summed E-state index contributed by atoms with van der Waals surface area (Å²) in [6.45, 7) is 1.52. The average Bonchev–Trinajstić information content (AvgIpc) is 2.67. The van der Waals surface area contributed by atoms with Gasteiger partial charge in [0.15, 0.2) is 0 Å². The lowest BCUT2D eigenvalue weighted by atomic mass is 9.97. The molecule has 0 spiro atoms. The van der Waals surface area contributed by atoms with Crippen LogP contribution in [0.5, 0.6) is 5.75 Å². The van der Waals surface area contributed by atoms with Gasteiger partial charge in [-0.3, -0.25) is 9.59 Å². The Kier molecular flexibility index (Phi) is 5.67. The van der Waals surface area contributed by atoms with E-state index in [4.69, 9.17) is 4.74 Å². The molecule has 5 nitrogen and oxygen atoms in total. The lowest BCUT2D eigenvalue weighted by Gasteiger charge is -2.25. The number of para-hydroxylation sites is 1. The molecule has 2 amide bonds. The summed E-state index contributed by atoms with van der Waals surface area (Å²) < 4.78 is 5.72. The van der Waals surface area contributed by atoms with Crippen LogP contribution in [-0.4, -0.2) is 31.5 Å². The molecule has 2 aromatic carbocycles. The number of fused-ring (bicyclic) bond motifs is 1. The molecule has 1 aliphatic rings. The summed E-state index contributed by atoms with van der Waals surface area (Å²) in [6.07, 6.45) is 1.17. The van der Waals surface area contributed by atoms with Crippen molar-refractivity contribution in [3.05, 3.63) is 65.7 Å². The first-order chi connectivity index (χ1) is 12.2. The van der Waals surface area contributed by atoms with Gasteiger partial charge in [0, 0.05) is 31.0 Å². The molecule has 0 aliphatic carbocycles. The van der Waals surface area contributed by atoms with Crippen LogP contribution in [0.25, 0.3) is 0 Å². The first kappa shape index (κ1) is 17.0. The molecule has 1 aliphatic heterocycles. The van der Waals surface area contributed by atoms with Crippen LogP contribution < -0.4 is 15.4 Å². The Morgan fingerprint density at radius 2 is 1.76 bits per heavy atom. The lowest BCUT2D eigenvalue weighted by Crippen LogP contribution is -2.36. The molecule has 3 rings (SSSR count). The zero-order valence-corrected chi connectivity index (χ0v) is 14.0. The van der Waals surface area contributed by atoms with Crippen LogP contribution in [0.1, 0.15) is 22.3 Å². The number of amides is 2. The zero-order valence-electron chi connectivity index (χ0n) is 14.0. The van der Waals surface area contributed by atoms with E-state index in [0.29, 0.717) is 25.3 Å². The van der Waals surface area contributed by atoms with Crippen LogP contribution in [0.15, 0.2) is 54.6 Å². The summed E-state index contributed by atoms with van der Waals surface area (Å²) in [5, 5.41) is 5.68. The molecule has 1 heterocycles. The minimum absolute atomic E-state index is 0.0628. The van der Waals surface area contributed by atoms with E-state index in [1.807, 2.05) is 36.4 Å². The van der Waals surface area contributed by atoms with Crippen molar-refractivity contribution >= 4 is 11.8 Å². The highest BCUT2D eigenvalue weighted by Gasteiger charge is 2.19. The third-order valence-corrected chi connectivity index (χ3v) is 4.22. The number of carbonyl (C=O) groups is 2. The van der Waals surface area contributed by atoms with Gasteiger partial charge >= 0.3 is 0 Å². The Balaban J connectivity index is 1.36. The maximum atomic E-state index is 11.9. The molecule has 130 valence electrons. The van der Waals surface area contributed by atoms with Gasteiger partial charge in [-0.15, -0.1) is 0 Å². The third-order valence-electron chi connectivity index (χ3n) is 4.22. The quantitative estimate of drug-likeness (QED) is 0.848. The number of benzene rings is 2. The second kappa shape index (κ2) is 8.33. The zero-order chi connectivity index (χ0) is 17.5. The van der Waals surface area contributed by atoms with Gasteiger partial charge in [-0.05, 0) is 30.2 Å². The lowest BCUT2D eigenvalue weighted by molar-refractivity contribution is -0.121. The predicted molar refractivity (Wildman–Crippen MR) is 95.5 cm³/mol. The van der Waals surface area contributed by atoms with Gasteiger partial charge in [0.05, 0.1) is 6.61 Å². The number of ether oxygens (including phenoxy) is 1. The van der Waals surface area contributed by atoms with E-state index < -0.39 is 0 Å². The Morgan fingerprint density at radius 1 is 1.00 bits per heavy atom. The van der Waals surface area contributed by atoms with E-state index in [-0.39, 0.29) is 24.2 Å². The highest BCUT2D eigenvalue weighted by Crippen LogP contribution is 2.26. The van der Waals surface area contributed by atoms with Crippen molar-refractivity contribution in [3.8, 4) is 5.75 Å². The topological polar surface area (TPSA) is 67.4 Å². The monoisotopic (exact) mass is 338 g/mol. The van der Waals surface area contributed by atoms with Gasteiger partial charge < -0.3 is 15.4 Å². The van der Waals surface area contributed by atoms with Gasteiger partial charge in [-0.1, -0.05) is 36.4 Å². The Labute approximate surface area is 147 Å². The van der Waals surface area contributed by atoms with E-state index in [0.717, 1.165) is 12.2 Å². The molecule has 0 aromatic heterocycles. The number of nitrogens with one attached hydrogen (secondary N) is 2. The summed E-state index contributed by atoms with van der Waals surface area (Å²) in [7, 11) is 0. The van der Waals surface area contributed by atoms with Crippen molar-refractivity contribution in [1.29, 1.82) is 0 Å². The standard InChI is InChI=1S/C20H22N2O3/c23-19(10-11-21-20(24)16-6-2-1-3-7-16)22-13-15-12-17-8-4-5-9-18(17)25-14-15/h1-9,15H,10-14H2,(H,21,24)(H,22,23)/t15-/m0/s1. The summed E-state index contributed by atoms with van der Waals surface area (Å²) in [4.78, 5) is 23.8. The van der Waals surface area contributed by atoms with Gasteiger partial charge in [-0.25, -0.2) is 0 Å². The van der Waals surface area contributed by atoms with E-state index in [2.05, 4.69) is 16.7 Å². The number of rotatable bonds is 6. The van der Waals surface area contributed by atoms with Crippen molar-refractivity contribution in [2.45, 2.75) is 12.8 Å². The second-order valence-electron chi connectivity index (χ2n) is 6.16. The Hall–Kier alpha value is -2.82. The Morgan fingerprint density at radius 3 is 2.60 bits per heavy atom. The molecule has 25 heavy (non-hydrogen) atoms. The summed E-state index contributed by atoms with van der Waals surface area (Å²) in [5.41, 5.74) is 1.78. The maximum Gasteiger partial charge on any atom is 0.251 e. The van der Waals surface area contributed by atoms with Crippen LogP contribution in [-0.2, 0) is 11.2 Å². The van der Waals surface area contributed by atoms with Crippen molar-refractivity contribution in [3.63, 3.8) is 0 Å². The van der Waals surface area contributed by atoms with Crippen molar-refractivity contribution in [2.75, 3.05) is 19.7 Å². The summed E-state index contributed by atoms with van der Waals surface area (Å²) >= 11 is 0. The van der Waals surface area contributed by atoms with Crippen molar-refractivity contribution in [1.82, 2.24) is 10.6 Å². The first-order valence-electron chi connectivity index (χ1n) is 8.53. The number of hydrogen-bond donors (Lipinski definition) is 2. The number of carbonyl (C=O) groups excluding carboxylic acids is 2. The summed E-state index contributed by atoms with van der Waals surface area (Å²) in [6, 6.07) is 17.0. The van der Waals surface area contributed by atoms with E-state index in [1.54, 1.807) is 12.1 Å². The molecule has 5 heteroatoms. The predicted octanol–water partition coefficient (Wildman–Crippen LogP) is 2.17. The fourth-order valence-corrected chi connectivity index (χ4v) is 2.85. The molecule has 0 unspecified atom stereocenters. The molecule has 0 fully saturated rings. The molecule has 0 radical (unpaired) electrons. The fourth-order valence-electron chi connectivity index (χ4n) is 2.85. The maximum absolute atomic E-state index is 11.9. The normalized spacial score (nSPS) is 15.6. The van der Waals surface area contributed by atoms with Crippen LogP contribution in [0.3, 0.4) is 0 Å². The first-order valence-corrected chi connectivity index (χ1v) is 8.53. The molecular formula is C20H22N2O3. The van der Waals surface area contributed by atoms with Gasteiger partial charge in [0.25, 0.3) is 5.91 Å². The molecule has 0 bridgehead atoms. The van der Waals surface area contributed by atoms with Crippen LogP contribution in [0, 0.1) is 5.92 Å². The van der Waals surface area contributed by atoms with Crippen LogP contribution in [0.2, 0.25) is 0 Å². The number of hydrogen-bond acceptors (Lipinski definition) is 3. The average molecular weight is 338 g/mol. The van der Waals surface area contributed by atoms with Crippen LogP contribution in [0.4, 0.5) is 0 Å². The second-order valence-corrected chi connectivity index (χ2v) is 6.16. The molecule has 0 saturated carbocycles. The largest absolute Gasteiger partial charge is 0.493 e. The molecule has 1 atom stereocenters. The highest BCUT2D eigenvalue weighted by atomic mass is 16.5. The highest BCUT2D eigenvalue weighted by molar-refractivity contribution is 5.94. The van der Waals surface area contributed by atoms with Gasteiger partial charge in [0.2, 0.25) is 5.91 Å². The van der Waals surface area contributed by atoms with Crippen molar-refractivity contribution < 1.29 is 14.3 Å². The minimum atomic E-state index is -0.161. The summed E-state index contributed by atoms with van der Waals surface area (Å²) in [5.74, 6) is 0.990. The van der Waals surface area contributed by atoms with Crippen LogP contribution >= 0.6 is 0 Å². The van der Waals surface area contributed by atoms with E-state index in [1.165, 1.54) is 5.56 Å². The minimum Gasteiger partial charge on any atom is -0.493 e. The van der Waals surface area contributed by atoms with E-state index in [9.17, 15) is 9.59 Å². The smallest absolute Gasteiger partial charge is 0.251 e. The molecule has 2 aromatic rings. The van der Waals surface area contributed by atoms with Gasteiger partial charge in [0.1, 0.15) is 5.75 Å². The Bertz CT molecular complexity index is 731. The molecular weight excluding hydrogens is 316 g/mol. The van der Waals surface area contributed by atoms with E-state index >= 15 is 0 Å². The third kappa shape index (κ3) is 4.83. The molecule has 2 N–H and O–H groups in total.